The lowest BCUT2D eigenvalue weighted by atomic mass is 10.0. The second-order valence-electron chi connectivity index (χ2n) is 4.15. The zero-order valence-corrected chi connectivity index (χ0v) is 13.3. The highest BCUT2D eigenvalue weighted by Crippen LogP contribution is 2.19. The van der Waals surface area contributed by atoms with E-state index in [1.165, 1.54) is 17.5 Å². The van der Waals surface area contributed by atoms with Gasteiger partial charge in [-0.1, -0.05) is 29.8 Å². The number of sulfonamides is 1. The van der Waals surface area contributed by atoms with E-state index in [9.17, 15) is 8.42 Å². The Morgan fingerprint density at radius 1 is 1.53 bits per heavy atom. The Morgan fingerprint density at radius 2 is 2.18 bits per heavy atom. The fraction of sp³-hybridized carbons (Fsp3) is 0.700. The predicted octanol–water partition coefficient (Wildman–Crippen LogP) is 2.54. The minimum absolute atomic E-state index is 0.0539. The zero-order chi connectivity index (χ0) is 13.1. The summed E-state index contributed by atoms with van der Waals surface area (Å²) >= 11 is 4.53. The monoisotopic (exact) mass is 340 g/mol. The topological polar surface area (TPSA) is 59.1 Å². The normalized spacial score (nSPS) is 14.2. The van der Waals surface area contributed by atoms with Crippen LogP contribution in [0.1, 0.15) is 25.3 Å². The Balaban J connectivity index is 2.84. The second-order valence-corrected chi connectivity index (χ2v) is 8.12. The number of aromatic nitrogens is 1. The van der Waals surface area contributed by atoms with E-state index in [1.54, 1.807) is 6.92 Å². The molecule has 98 valence electrons. The van der Waals surface area contributed by atoms with Crippen molar-refractivity contribution in [3.63, 3.8) is 0 Å². The van der Waals surface area contributed by atoms with Gasteiger partial charge < -0.3 is 0 Å². The zero-order valence-electron chi connectivity index (χ0n) is 10.1. The van der Waals surface area contributed by atoms with Gasteiger partial charge in [-0.3, -0.25) is 0 Å². The van der Waals surface area contributed by atoms with E-state index < -0.39 is 10.0 Å². The van der Waals surface area contributed by atoms with Gasteiger partial charge in [0.2, 0.25) is 0 Å². The molecule has 0 aliphatic carbocycles. The van der Waals surface area contributed by atoms with Gasteiger partial charge in [-0.25, -0.2) is 18.1 Å². The molecule has 1 atom stereocenters. The van der Waals surface area contributed by atoms with Crippen LogP contribution in [0.2, 0.25) is 0 Å². The van der Waals surface area contributed by atoms with Gasteiger partial charge >= 0.3 is 0 Å². The maximum atomic E-state index is 12.1. The summed E-state index contributed by atoms with van der Waals surface area (Å²) in [6.07, 6.45) is 2.18. The Bertz CT molecular complexity index is 457. The van der Waals surface area contributed by atoms with Crippen LogP contribution in [0.4, 0.5) is 0 Å². The number of thiazole rings is 1. The first-order valence-corrected chi connectivity index (χ1v) is 8.79. The summed E-state index contributed by atoms with van der Waals surface area (Å²) in [5.74, 6) is 0.261. The summed E-state index contributed by atoms with van der Waals surface area (Å²) in [6, 6.07) is -0.0539. The summed E-state index contributed by atoms with van der Waals surface area (Å²) in [4.78, 5) is 3.97. The number of rotatable bonds is 6. The predicted molar refractivity (Wildman–Crippen MR) is 74.2 cm³/mol. The molecule has 0 saturated heterocycles. The SMILES string of the molecule is Cc1ncc(S(=O)(=O)NC(CCBr)C(C)C)s1. The summed E-state index contributed by atoms with van der Waals surface area (Å²) < 4.78 is 27.2. The van der Waals surface area contributed by atoms with Crippen LogP contribution in [0, 0.1) is 12.8 Å². The van der Waals surface area contributed by atoms with Gasteiger partial charge in [0, 0.05) is 11.4 Å². The van der Waals surface area contributed by atoms with Crippen LogP contribution >= 0.6 is 27.3 Å². The first kappa shape index (κ1) is 15.1. The first-order valence-electron chi connectivity index (χ1n) is 5.37. The summed E-state index contributed by atoms with van der Waals surface area (Å²) in [7, 11) is -3.42. The molecule has 1 aromatic rings. The molecule has 0 aromatic carbocycles. The smallest absolute Gasteiger partial charge is 0.249 e. The van der Waals surface area contributed by atoms with E-state index in [1.807, 2.05) is 13.8 Å². The van der Waals surface area contributed by atoms with Crippen molar-refractivity contribution < 1.29 is 8.42 Å². The van der Waals surface area contributed by atoms with E-state index in [4.69, 9.17) is 0 Å². The minimum atomic E-state index is -3.42. The highest BCUT2D eigenvalue weighted by molar-refractivity contribution is 9.09. The molecular weight excluding hydrogens is 324 g/mol. The third-order valence-corrected chi connectivity index (χ3v) is 5.72. The van der Waals surface area contributed by atoms with Crippen LogP contribution in [-0.4, -0.2) is 24.8 Å². The Kier molecular flexibility index (Phi) is 5.56. The highest BCUT2D eigenvalue weighted by Gasteiger charge is 2.23. The summed E-state index contributed by atoms with van der Waals surface area (Å²) in [5, 5.41) is 1.53. The van der Waals surface area contributed by atoms with E-state index in [0.29, 0.717) is 0 Å². The number of aryl methyl sites for hydroxylation is 1. The Labute approximate surface area is 115 Å². The average molecular weight is 341 g/mol. The van der Waals surface area contributed by atoms with Crippen molar-refractivity contribution in [3.8, 4) is 0 Å². The molecule has 1 heterocycles. The summed E-state index contributed by atoms with van der Waals surface area (Å²) in [6.45, 7) is 5.81. The highest BCUT2D eigenvalue weighted by atomic mass is 79.9. The van der Waals surface area contributed by atoms with Gasteiger partial charge in [-0.15, -0.1) is 11.3 Å². The third-order valence-electron chi connectivity index (χ3n) is 2.40. The molecular formula is C10H17BrN2O2S2. The van der Waals surface area contributed by atoms with Crippen LogP contribution in [0.5, 0.6) is 0 Å². The van der Waals surface area contributed by atoms with Crippen molar-refractivity contribution in [3.05, 3.63) is 11.2 Å². The third kappa shape index (κ3) is 4.31. The van der Waals surface area contributed by atoms with Crippen molar-refractivity contribution >= 4 is 37.3 Å². The van der Waals surface area contributed by atoms with Gasteiger partial charge in [0.1, 0.15) is 0 Å². The molecule has 0 fully saturated rings. The number of hydrogen-bond donors (Lipinski definition) is 1. The van der Waals surface area contributed by atoms with Crippen LogP contribution in [-0.2, 0) is 10.0 Å². The lowest BCUT2D eigenvalue weighted by Gasteiger charge is -2.20. The molecule has 0 aliphatic heterocycles. The Morgan fingerprint density at radius 3 is 2.59 bits per heavy atom. The molecule has 0 aliphatic rings. The van der Waals surface area contributed by atoms with Crippen LogP contribution in [0.25, 0.3) is 0 Å². The molecule has 4 nitrogen and oxygen atoms in total. The Hall–Kier alpha value is 0.0200. The van der Waals surface area contributed by atoms with Crippen molar-refractivity contribution in [2.45, 2.75) is 37.4 Å². The minimum Gasteiger partial charge on any atom is -0.249 e. The molecule has 1 N–H and O–H groups in total. The fourth-order valence-electron chi connectivity index (χ4n) is 1.37. The van der Waals surface area contributed by atoms with Gasteiger partial charge in [0.15, 0.2) is 4.21 Å². The number of alkyl halides is 1. The van der Waals surface area contributed by atoms with Gasteiger partial charge in [0.25, 0.3) is 10.0 Å². The molecule has 17 heavy (non-hydrogen) atoms. The molecule has 1 unspecified atom stereocenters. The lowest BCUT2D eigenvalue weighted by molar-refractivity contribution is 0.441. The van der Waals surface area contributed by atoms with Gasteiger partial charge in [-0.05, 0) is 19.3 Å². The fourth-order valence-corrected chi connectivity index (χ4v) is 4.41. The summed E-state index contributed by atoms with van der Waals surface area (Å²) in [5.41, 5.74) is 0. The molecule has 1 aromatic heterocycles. The maximum Gasteiger partial charge on any atom is 0.251 e. The number of nitrogens with one attached hydrogen (secondary N) is 1. The van der Waals surface area contributed by atoms with Crippen molar-refractivity contribution in [2.24, 2.45) is 5.92 Å². The molecule has 0 bridgehead atoms. The van der Waals surface area contributed by atoms with E-state index in [-0.39, 0.29) is 16.2 Å². The van der Waals surface area contributed by atoms with E-state index in [2.05, 4.69) is 25.6 Å². The van der Waals surface area contributed by atoms with Crippen molar-refractivity contribution in [2.75, 3.05) is 5.33 Å². The van der Waals surface area contributed by atoms with E-state index >= 15 is 0 Å². The van der Waals surface area contributed by atoms with Crippen LogP contribution in [0.15, 0.2) is 10.4 Å². The number of hydrogen-bond acceptors (Lipinski definition) is 4. The standard InChI is InChI=1S/C10H17BrN2O2S2/c1-7(2)9(4-5-11)13-17(14,15)10-6-12-8(3)16-10/h6-7,9,13H,4-5H2,1-3H3. The number of nitrogens with zero attached hydrogens (tertiary/aromatic N) is 1. The van der Waals surface area contributed by atoms with E-state index in [0.717, 1.165) is 16.8 Å². The molecule has 0 spiro atoms. The second kappa shape index (κ2) is 6.26. The quantitative estimate of drug-likeness (QED) is 0.809. The maximum absolute atomic E-state index is 12.1. The molecule has 0 saturated carbocycles. The molecule has 7 heteroatoms. The first-order chi connectivity index (χ1) is 7.86. The van der Waals surface area contributed by atoms with Crippen LogP contribution in [0.3, 0.4) is 0 Å². The van der Waals surface area contributed by atoms with Gasteiger partial charge in [0.05, 0.1) is 11.2 Å². The largest absolute Gasteiger partial charge is 0.251 e. The van der Waals surface area contributed by atoms with Crippen molar-refractivity contribution in [1.29, 1.82) is 0 Å². The van der Waals surface area contributed by atoms with Crippen LogP contribution < -0.4 is 4.72 Å². The average Bonchev–Trinajstić information content (AvgIpc) is 2.64. The number of halogens is 1. The molecule has 1 rings (SSSR count). The van der Waals surface area contributed by atoms with Crippen molar-refractivity contribution in [1.82, 2.24) is 9.71 Å². The van der Waals surface area contributed by atoms with Gasteiger partial charge in [-0.2, -0.15) is 0 Å². The molecule has 0 radical (unpaired) electrons. The lowest BCUT2D eigenvalue weighted by Crippen LogP contribution is -2.38. The molecule has 0 amide bonds.